The van der Waals surface area contributed by atoms with Gasteiger partial charge in [-0.1, -0.05) is 13.8 Å². The lowest BCUT2D eigenvalue weighted by Crippen LogP contribution is -2.55. The molecule has 4 nitrogen and oxygen atoms in total. The van der Waals surface area contributed by atoms with Crippen LogP contribution in [-0.2, 0) is 9.53 Å². The van der Waals surface area contributed by atoms with Gasteiger partial charge in [0.2, 0.25) is 0 Å². The molecule has 0 amide bonds. The zero-order valence-electron chi connectivity index (χ0n) is 10.8. The predicted molar refractivity (Wildman–Crippen MR) is 64.9 cm³/mol. The molecular formula is C13H23NO3. The maximum atomic E-state index is 10.6. The van der Waals surface area contributed by atoms with Crippen molar-refractivity contribution in [3.8, 4) is 0 Å². The highest BCUT2D eigenvalue weighted by molar-refractivity contribution is 5.67. The molecule has 2 heterocycles. The van der Waals surface area contributed by atoms with Gasteiger partial charge in [0.25, 0.3) is 0 Å². The summed E-state index contributed by atoms with van der Waals surface area (Å²) in [6.45, 7) is 7.18. The van der Waals surface area contributed by atoms with Crippen LogP contribution in [0.4, 0.5) is 0 Å². The van der Waals surface area contributed by atoms with Crippen LogP contribution in [0, 0.1) is 11.8 Å². The van der Waals surface area contributed by atoms with E-state index in [1.165, 1.54) is 0 Å². The Balaban J connectivity index is 1.75. The largest absolute Gasteiger partial charge is 0.481 e. The molecule has 0 aromatic heterocycles. The molecule has 0 radical (unpaired) electrons. The first-order chi connectivity index (χ1) is 8.06. The molecule has 2 unspecified atom stereocenters. The number of hydrogen-bond donors (Lipinski definition) is 1. The number of rotatable bonds is 4. The first-order valence-corrected chi connectivity index (χ1v) is 6.63. The van der Waals surface area contributed by atoms with Crippen LogP contribution in [0.3, 0.4) is 0 Å². The summed E-state index contributed by atoms with van der Waals surface area (Å²) in [4.78, 5) is 13.0. The lowest BCUT2D eigenvalue weighted by atomic mass is 9.88. The number of carboxylic acids is 1. The van der Waals surface area contributed by atoms with Crippen molar-refractivity contribution in [2.45, 2.75) is 45.3 Å². The van der Waals surface area contributed by atoms with Gasteiger partial charge in [-0.25, -0.2) is 0 Å². The van der Waals surface area contributed by atoms with Crippen molar-refractivity contribution in [3.63, 3.8) is 0 Å². The normalized spacial score (nSPS) is 31.5. The quantitative estimate of drug-likeness (QED) is 0.812. The third kappa shape index (κ3) is 3.19. The SMILES string of the molecule is CC(C)C1CC(N2CC(CC(=O)O)C2)CCO1. The zero-order valence-corrected chi connectivity index (χ0v) is 10.8. The van der Waals surface area contributed by atoms with Crippen molar-refractivity contribution in [1.29, 1.82) is 0 Å². The molecule has 2 rings (SSSR count). The van der Waals surface area contributed by atoms with Gasteiger partial charge < -0.3 is 9.84 Å². The Morgan fingerprint density at radius 2 is 2.18 bits per heavy atom. The highest BCUT2D eigenvalue weighted by atomic mass is 16.5. The van der Waals surface area contributed by atoms with Crippen LogP contribution in [0.1, 0.15) is 33.1 Å². The van der Waals surface area contributed by atoms with Gasteiger partial charge >= 0.3 is 5.97 Å². The van der Waals surface area contributed by atoms with Gasteiger partial charge in [0.05, 0.1) is 12.5 Å². The number of likely N-dealkylation sites (tertiary alicyclic amines) is 1. The van der Waals surface area contributed by atoms with Crippen molar-refractivity contribution in [2.24, 2.45) is 11.8 Å². The summed E-state index contributed by atoms with van der Waals surface area (Å²) in [5.74, 6) is 0.281. The fraction of sp³-hybridized carbons (Fsp3) is 0.923. The summed E-state index contributed by atoms with van der Waals surface area (Å²) in [6, 6.07) is 0.612. The molecule has 0 saturated carbocycles. The summed E-state index contributed by atoms with van der Waals surface area (Å²) in [5.41, 5.74) is 0. The average molecular weight is 241 g/mol. The maximum Gasteiger partial charge on any atom is 0.303 e. The number of nitrogens with zero attached hydrogens (tertiary/aromatic N) is 1. The smallest absolute Gasteiger partial charge is 0.303 e. The van der Waals surface area contributed by atoms with Gasteiger partial charge in [0, 0.05) is 25.7 Å². The van der Waals surface area contributed by atoms with Crippen LogP contribution in [0.25, 0.3) is 0 Å². The second-order valence-electron chi connectivity index (χ2n) is 5.75. The molecular weight excluding hydrogens is 218 g/mol. The molecule has 2 atom stereocenters. The van der Waals surface area contributed by atoms with Crippen molar-refractivity contribution < 1.29 is 14.6 Å². The summed E-state index contributed by atoms with van der Waals surface area (Å²) in [6.07, 6.45) is 2.92. The molecule has 0 aromatic rings. The summed E-state index contributed by atoms with van der Waals surface area (Å²) in [7, 11) is 0. The molecule has 4 heteroatoms. The van der Waals surface area contributed by atoms with Gasteiger partial charge in [0.1, 0.15) is 0 Å². The topological polar surface area (TPSA) is 49.8 Å². The molecule has 1 N–H and O–H groups in total. The van der Waals surface area contributed by atoms with Crippen LogP contribution < -0.4 is 0 Å². The molecule has 98 valence electrons. The lowest BCUT2D eigenvalue weighted by molar-refractivity contribution is -0.140. The van der Waals surface area contributed by atoms with E-state index in [9.17, 15) is 4.79 Å². The van der Waals surface area contributed by atoms with Crippen LogP contribution in [0.5, 0.6) is 0 Å². The zero-order chi connectivity index (χ0) is 12.4. The second-order valence-corrected chi connectivity index (χ2v) is 5.75. The Kier molecular flexibility index (Phi) is 4.05. The number of carbonyl (C=O) groups is 1. The van der Waals surface area contributed by atoms with Crippen molar-refractivity contribution >= 4 is 5.97 Å². The molecule has 2 aliphatic heterocycles. The molecule has 2 saturated heterocycles. The van der Waals surface area contributed by atoms with Crippen molar-refractivity contribution in [1.82, 2.24) is 4.90 Å². The molecule has 0 bridgehead atoms. The summed E-state index contributed by atoms with van der Waals surface area (Å²) < 4.78 is 5.76. The number of hydrogen-bond acceptors (Lipinski definition) is 3. The van der Waals surface area contributed by atoms with Crippen molar-refractivity contribution in [3.05, 3.63) is 0 Å². The van der Waals surface area contributed by atoms with Gasteiger partial charge in [-0.2, -0.15) is 0 Å². The van der Waals surface area contributed by atoms with Gasteiger partial charge in [-0.3, -0.25) is 9.69 Å². The predicted octanol–water partition coefficient (Wildman–Crippen LogP) is 1.60. The minimum atomic E-state index is -0.665. The van der Waals surface area contributed by atoms with Gasteiger partial charge in [-0.15, -0.1) is 0 Å². The Labute approximate surface area is 103 Å². The van der Waals surface area contributed by atoms with Crippen LogP contribution in [-0.4, -0.2) is 47.8 Å². The molecule has 17 heavy (non-hydrogen) atoms. The monoisotopic (exact) mass is 241 g/mol. The number of ether oxygens (including phenoxy) is 1. The second kappa shape index (κ2) is 5.36. The first kappa shape index (κ1) is 12.8. The van der Waals surface area contributed by atoms with E-state index < -0.39 is 5.97 Å². The third-order valence-electron chi connectivity index (χ3n) is 4.00. The number of aliphatic carboxylic acids is 1. The summed E-state index contributed by atoms with van der Waals surface area (Å²) >= 11 is 0. The van der Waals surface area contributed by atoms with Crippen LogP contribution in [0.15, 0.2) is 0 Å². The van der Waals surface area contributed by atoms with Crippen LogP contribution in [0.2, 0.25) is 0 Å². The fourth-order valence-corrected chi connectivity index (χ4v) is 2.89. The molecule has 0 aliphatic carbocycles. The molecule has 2 aliphatic rings. The Morgan fingerprint density at radius 3 is 2.76 bits per heavy atom. The van der Waals surface area contributed by atoms with E-state index in [2.05, 4.69) is 18.7 Å². The molecule has 0 aromatic carbocycles. The van der Waals surface area contributed by atoms with E-state index in [1.807, 2.05) is 0 Å². The van der Waals surface area contributed by atoms with Gasteiger partial charge in [-0.05, 0) is 24.7 Å². The average Bonchev–Trinajstić information content (AvgIpc) is 2.22. The van der Waals surface area contributed by atoms with Crippen LogP contribution >= 0.6 is 0 Å². The third-order valence-corrected chi connectivity index (χ3v) is 4.00. The Hall–Kier alpha value is -0.610. The fourth-order valence-electron chi connectivity index (χ4n) is 2.89. The minimum Gasteiger partial charge on any atom is -0.481 e. The molecule has 2 fully saturated rings. The van der Waals surface area contributed by atoms with Gasteiger partial charge in [0.15, 0.2) is 0 Å². The maximum absolute atomic E-state index is 10.6. The van der Waals surface area contributed by atoms with E-state index in [4.69, 9.17) is 9.84 Å². The summed E-state index contributed by atoms with van der Waals surface area (Å²) in [5, 5.41) is 8.72. The van der Waals surface area contributed by atoms with Crippen molar-refractivity contribution in [2.75, 3.05) is 19.7 Å². The van der Waals surface area contributed by atoms with E-state index in [1.54, 1.807) is 0 Å². The lowest BCUT2D eigenvalue weighted by Gasteiger charge is -2.47. The minimum absolute atomic E-state index is 0.327. The van der Waals surface area contributed by atoms with E-state index >= 15 is 0 Å². The first-order valence-electron chi connectivity index (χ1n) is 6.63. The number of carboxylic acid groups (broad SMARTS) is 1. The molecule has 0 spiro atoms. The van der Waals surface area contributed by atoms with E-state index in [-0.39, 0.29) is 0 Å². The highest BCUT2D eigenvalue weighted by Crippen LogP contribution is 2.29. The Bertz CT molecular complexity index is 274. The highest BCUT2D eigenvalue weighted by Gasteiger charge is 2.36. The Morgan fingerprint density at radius 1 is 1.47 bits per heavy atom. The van der Waals surface area contributed by atoms with E-state index in [0.717, 1.165) is 32.5 Å². The standard InChI is InChI=1S/C13H23NO3/c1-9(2)12-6-11(3-4-17-12)14-7-10(8-14)5-13(15)16/h9-12H,3-8H2,1-2H3,(H,15,16). The van der Waals surface area contributed by atoms with E-state index in [0.29, 0.717) is 30.4 Å².